The SMILES string of the molecule is [2H]C(C)(C)c1cc(-c2ccccc2)cc(-n2c(-c3ccccc3O)nc3c(-c4cc(-c5cc(-c6ccccc6)ccn5)cc(C(C)(C)C)c4)cccc32)c1. The van der Waals surface area contributed by atoms with Crippen LogP contribution in [0.1, 0.15) is 53.0 Å². The summed E-state index contributed by atoms with van der Waals surface area (Å²) in [6, 6.07) is 51.7. The van der Waals surface area contributed by atoms with Crippen LogP contribution in [0.3, 0.4) is 0 Å². The molecule has 0 amide bonds. The van der Waals surface area contributed by atoms with Crippen LogP contribution in [0.4, 0.5) is 0 Å². The van der Waals surface area contributed by atoms with E-state index < -0.39 is 5.89 Å². The van der Waals surface area contributed by atoms with Crippen LogP contribution >= 0.6 is 0 Å². The number of rotatable bonds is 7. The van der Waals surface area contributed by atoms with Gasteiger partial charge >= 0.3 is 0 Å². The van der Waals surface area contributed by atoms with Crippen LogP contribution in [0.5, 0.6) is 5.75 Å². The zero-order valence-electron chi connectivity index (χ0n) is 31.8. The lowest BCUT2D eigenvalue weighted by Crippen LogP contribution is -2.11. The summed E-state index contributed by atoms with van der Waals surface area (Å²) in [5.41, 5.74) is 13.4. The van der Waals surface area contributed by atoms with Crippen molar-refractivity contribution >= 4 is 11.0 Å². The van der Waals surface area contributed by atoms with Crippen LogP contribution in [0.25, 0.3) is 72.7 Å². The molecule has 0 aliphatic carbocycles. The van der Waals surface area contributed by atoms with Crippen molar-refractivity contribution in [2.45, 2.75) is 45.9 Å². The highest BCUT2D eigenvalue weighted by Gasteiger charge is 2.23. The molecule has 4 nitrogen and oxygen atoms in total. The van der Waals surface area contributed by atoms with E-state index in [1.807, 2.05) is 62.5 Å². The maximum Gasteiger partial charge on any atom is 0.149 e. The molecule has 0 bridgehead atoms. The Bertz CT molecular complexity index is 2630. The Labute approximate surface area is 313 Å². The Morgan fingerprint density at radius 1 is 0.604 bits per heavy atom. The van der Waals surface area contributed by atoms with E-state index in [0.717, 1.165) is 66.9 Å². The molecule has 0 aliphatic rings. The Morgan fingerprint density at radius 2 is 1.26 bits per heavy atom. The summed E-state index contributed by atoms with van der Waals surface area (Å²) in [7, 11) is 0. The van der Waals surface area contributed by atoms with Gasteiger partial charge in [-0.05, 0) is 105 Å². The molecule has 4 heteroatoms. The lowest BCUT2D eigenvalue weighted by atomic mass is 9.83. The van der Waals surface area contributed by atoms with Crippen LogP contribution in [-0.2, 0) is 5.41 Å². The topological polar surface area (TPSA) is 50.9 Å². The molecule has 0 atom stereocenters. The van der Waals surface area contributed by atoms with Gasteiger partial charge in [0.25, 0.3) is 0 Å². The standard InChI is InChI=1S/C49H43N3O/c1-32(2)36-25-37(34-17-10-7-11-18-34)30-41(29-36)52-45-21-14-20-42(47(45)51-48(52)43-19-12-13-22-46(43)53)38-26-39(28-40(27-38)49(3,4)5)44-31-35(23-24-50-44)33-15-8-6-9-16-33/h6-32,53H,1-5H3/i32D. The molecule has 1 N–H and O–H groups in total. The number of nitrogens with zero attached hydrogens (tertiary/aromatic N) is 3. The highest BCUT2D eigenvalue weighted by molar-refractivity contribution is 5.97. The second kappa shape index (κ2) is 13.7. The third kappa shape index (κ3) is 6.65. The Morgan fingerprint density at radius 3 is 1.96 bits per heavy atom. The first-order valence-corrected chi connectivity index (χ1v) is 18.1. The number of pyridine rings is 1. The van der Waals surface area contributed by atoms with E-state index >= 15 is 0 Å². The van der Waals surface area contributed by atoms with Crippen molar-refractivity contribution in [1.29, 1.82) is 0 Å². The fourth-order valence-electron chi connectivity index (χ4n) is 7.03. The van der Waals surface area contributed by atoms with Crippen LogP contribution < -0.4 is 0 Å². The quantitative estimate of drug-likeness (QED) is 0.181. The maximum atomic E-state index is 11.3. The highest BCUT2D eigenvalue weighted by Crippen LogP contribution is 2.41. The highest BCUT2D eigenvalue weighted by atomic mass is 16.3. The molecule has 0 saturated heterocycles. The molecule has 0 saturated carbocycles. The number of hydrogen-bond donors (Lipinski definition) is 1. The predicted molar refractivity (Wildman–Crippen MR) is 220 cm³/mol. The average molecular weight is 691 g/mol. The zero-order chi connectivity index (χ0) is 37.6. The molecular formula is C49H43N3O. The Kier molecular flexibility index (Phi) is 8.44. The van der Waals surface area contributed by atoms with Gasteiger partial charge in [0.05, 0.1) is 22.3 Å². The van der Waals surface area contributed by atoms with Gasteiger partial charge in [0, 0.05) is 24.4 Å². The summed E-state index contributed by atoms with van der Waals surface area (Å²) in [6.07, 6.45) is 1.89. The van der Waals surface area contributed by atoms with Crippen LogP contribution in [0, 0.1) is 0 Å². The predicted octanol–water partition coefficient (Wildman–Crippen LogP) is 12.9. The number of fused-ring (bicyclic) bond motifs is 1. The molecule has 2 aromatic heterocycles. The molecule has 0 fully saturated rings. The number of para-hydroxylation sites is 2. The minimum atomic E-state index is -0.855. The summed E-state index contributed by atoms with van der Waals surface area (Å²) in [4.78, 5) is 10.2. The molecular weight excluding hydrogens is 647 g/mol. The molecule has 0 radical (unpaired) electrons. The van der Waals surface area contributed by atoms with E-state index in [9.17, 15) is 5.11 Å². The number of aromatic hydroxyl groups is 1. The summed E-state index contributed by atoms with van der Waals surface area (Å²) < 4.78 is 11.2. The monoisotopic (exact) mass is 690 g/mol. The first-order valence-electron chi connectivity index (χ1n) is 18.6. The molecule has 8 rings (SSSR count). The summed E-state index contributed by atoms with van der Waals surface area (Å²) in [5.74, 6) is -0.0811. The fraction of sp³-hybridized carbons (Fsp3) is 0.143. The van der Waals surface area contributed by atoms with Gasteiger partial charge in [-0.15, -0.1) is 0 Å². The molecule has 0 unspecified atom stereocenters. The summed E-state index contributed by atoms with van der Waals surface area (Å²) in [6.45, 7) is 10.5. The molecule has 8 aromatic rings. The number of hydrogen-bond acceptors (Lipinski definition) is 3. The molecule has 53 heavy (non-hydrogen) atoms. The smallest absolute Gasteiger partial charge is 0.149 e. The average Bonchev–Trinajstić information content (AvgIpc) is 3.57. The second-order valence-electron chi connectivity index (χ2n) is 14.9. The van der Waals surface area contributed by atoms with Gasteiger partial charge in [0.2, 0.25) is 0 Å². The van der Waals surface area contributed by atoms with Gasteiger partial charge in [-0.3, -0.25) is 9.55 Å². The number of imidazole rings is 1. The van der Waals surface area contributed by atoms with Crippen molar-refractivity contribution in [3.63, 3.8) is 0 Å². The van der Waals surface area contributed by atoms with Crippen molar-refractivity contribution < 1.29 is 6.48 Å². The van der Waals surface area contributed by atoms with Crippen LogP contribution in [-0.4, -0.2) is 19.6 Å². The van der Waals surface area contributed by atoms with E-state index in [1.54, 1.807) is 6.07 Å². The third-order valence-electron chi connectivity index (χ3n) is 9.96. The van der Waals surface area contributed by atoms with Crippen molar-refractivity contribution in [2.75, 3.05) is 0 Å². The summed E-state index contributed by atoms with van der Waals surface area (Å²) >= 11 is 0. The van der Waals surface area contributed by atoms with Gasteiger partial charge in [-0.25, -0.2) is 4.98 Å². The van der Waals surface area contributed by atoms with Crippen molar-refractivity contribution in [2.24, 2.45) is 0 Å². The van der Waals surface area contributed by atoms with Gasteiger partial charge in [-0.1, -0.05) is 132 Å². The minimum absolute atomic E-state index is 0.132. The number of aromatic nitrogens is 3. The van der Waals surface area contributed by atoms with E-state index in [1.165, 1.54) is 5.56 Å². The van der Waals surface area contributed by atoms with E-state index in [0.29, 0.717) is 11.4 Å². The molecule has 0 aliphatic heterocycles. The largest absolute Gasteiger partial charge is 0.507 e. The van der Waals surface area contributed by atoms with E-state index in [2.05, 4.69) is 128 Å². The van der Waals surface area contributed by atoms with Gasteiger partial charge in [0.15, 0.2) is 0 Å². The lowest BCUT2D eigenvalue weighted by molar-refractivity contribution is 0.477. The maximum absolute atomic E-state index is 11.3. The molecule has 2 heterocycles. The van der Waals surface area contributed by atoms with Crippen molar-refractivity contribution in [3.05, 3.63) is 169 Å². The number of phenolic OH excluding ortho intramolecular Hbond substituents is 1. The van der Waals surface area contributed by atoms with Gasteiger partial charge in [0.1, 0.15) is 11.6 Å². The first-order chi connectivity index (χ1) is 25.9. The van der Waals surface area contributed by atoms with Gasteiger partial charge < -0.3 is 5.11 Å². The number of benzene rings is 6. The zero-order valence-corrected chi connectivity index (χ0v) is 30.8. The van der Waals surface area contributed by atoms with Crippen LogP contribution in [0.15, 0.2) is 158 Å². The van der Waals surface area contributed by atoms with Gasteiger partial charge in [-0.2, -0.15) is 0 Å². The lowest BCUT2D eigenvalue weighted by Gasteiger charge is -2.22. The summed E-state index contributed by atoms with van der Waals surface area (Å²) in [5, 5.41) is 11.3. The van der Waals surface area contributed by atoms with E-state index in [4.69, 9.17) is 11.3 Å². The first kappa shape index (κ1) is 32.6. The molecule has 6 aromatic carbocycles. The normalized spacial score (nSPS) is 12.2. The molecule has 260 valence electrons. The van der Waals surface area contributed by atoms with Crippen LogP contribution in [0.2, 0.25) is 0 Å². The fourth-order valence-corrected chi connectivity index (χ4v) is 7.03. The molecule has 0 spiro atoms. The minimum Gasteiger partial charge on any atom is -0.507 e. The van der Waals surface area contributed by atoms with Crippen molar-refractivity contribution in [1.82, 2.24) is 14.5 Å². The number of phenols is 1. The van der Waals surface area contributed by atoms with E-state index in [-0.39, 0.29) is 11.2 Å². The second-order valence-corrected chi connectivity index (χ2v) is 14.9. The Hall–Kier alpha value is -6.26. The third-order valence-corrected chi connectivity index (χ3v) is 9.96. The Balaban J connectivity index is 1.39. The van der Waals surface area contributed by atoms with Crippen molar-refractivity contribution in [3.8, 4) is 67.5 Å².